The lowest BCUT2D eigenvalue weighted by Gasteiger charge is -2.11. The molecule has 0 atom stereocenters. The summed E-state index contributed by atoms with van der Waals surface area (Å²) in [6.45, 7) is -13.0. The smallest absolute Gasteiger partial charge is 0.387 e. The van der Waals surface area contributed by atoms with Crippen molar-refractivity contribution in [3.05, 3.63) is 47.5 Å². The standard InChI is InChI=1S/C18H12F8N2O4/c19-15(20)29-11-3-1-9(13(5-11)31-17(23)24)7-27-28-8-10-2-4-12(30-16(21)22)6-14(10)32-18(25)26/h1-8,15-18H. The minimum absolute atomic E-state index is 0.103. The molecule has 32 heavy (non-hydrogen) atoms. The summed E-state index contributed by atoms with van der Waals surface area (Å²) in [4.78, 5) is 0. The van der Waals surface area contributed by atoms with Crippen molar-refractivity contribution in [2.45, 2.75) is 26.4 Å². The Morgan fingerprint density at radius 1 is 0.531 bits per heavy atom. The second-order valence-electron chi connectivity index (χ2n) is 5.40. The number of halogens is 8. The topological polar surface area (TPSA) is 61.6 Å². The van der Waals surface area contributed by atoms with Gasteiger partial charge in [0.1, 0.15) is 23.0 Å². The molecule has 0 aliphatic rings. The van der Waals surface area contributed by atoms with Crippen molar-refractivity contribution in [3.8, 4) is 23.0 Å². The van der Waals surface area contributed by atoms with Crippen LogP contribution in [0.5, 0.6) is 23.0 Å². The molecule has 2 aromatic rings. The quantitative estimate of drug-likeness (QED) is 0.245. The van der Waals surface area contributed by atoms with E-state index in [1.807, 2.05) is 0 Å². The Kier molecular flexibility index (Phi) is 9.04. The summed E-state index contributed by atoms with van der Waals surface area (Å²) in [6.07, 6.45) is 1.81. The normalized spacial score (nSPS) is 12.0. The van der Waals surface area contributed by atoms with Gasteiger partial charge >= 0.3 is 26.4 Å². The lowest BCUT2D eigenvalue weighted by molar-refractivity contribution is -0.0556. The summed E-state index contributed by atoms with van der Waals surface area (Å²) in [7, 11) is 0. The third-order valence-electron chi connectivity index (χ3n) is 3.31. The third kappa shape index (κ3) is 8.28. The van der Waals surface area contributed by atoms with Crippen molar-refractivity contribution >= 4 is 12.4 Å². The van der Waals surface area contributed by atoms with E-state index in [0.717, 1.165) is 48.8 Å². The highest BCUT2D eigenvalue weighted by atomic mass is 19.3. The van der Waals surface area contributed by atoms with Crippen LogP contribution >= 0.6 is 0 Å². The number of hydrogen-bond acceptors (Lipinski definition) is 6. The zero-order valence-corrected chi connectivity index (χ0v) is 15.5. The van der Waals surface area contributed by atoms with Gasteiger partial charge in [0.15, 0.2) is 0 Å². The Labute approximate surface area is 174 Å². The monoisotopic (exact) mass is 472 g/mol. The van der Waals surface area contributed by atoms with Crippen LogP contribution in [0.2, 0.25) is 0 Å². The highest BCUT2D eigenvalue weighted by Crippen LogP contribution is 2.28. The first-order chi connectivity index (χ1) is 15.1. The molecule has 6 nitrogen and oxygen atoms in total. The van der Waals surface area contributed by atoms with Gasteiger partial charge < -0.3 is 18.9 Å². The highest BCUT2D eigenvalue weighted by molar-refractivity contribution is 5.86. The summed E-state index contributed by atoms with van der Waals surface area (Å²) in [6, 6.07) is 5.78. The molecule has 0 amide bonds. The van der Waals surface area contributed by atoms with Crippen LogP contribution in [0, 0.1) is 0 Å². The van der Waals surface area contributed by atoms with Gasteiger partial charge in [0.2, 0.25) is 0 Å². The largest absolute Gasteiger partial charge is 0.435 e. The molecule has 0 aliphatic carbocycles. The van der Waals surface area contributed by atoms with E-state index >= 15 is 0 Å². The molecule has 2 rings (SSSR count). The van der Waals surface area contributed by atoms with E-state index in [4.69, 9.17) is 0 Å². The van der Waals surface area contributed by atoms with E-state index in [-0.39, 0.29) is 11.1 Å². The van der Waals surface area contributed by atoms with Gasteiger partial charge in [0.25, 0.3) is 0 Å². The van der Waals surface area contributed by atoms with Gasteiger partial charge in [0.05, 0.1) is 12.4 Å². The first-order valence-electron chi connectivity index (χ1n) is 8.27. The molecule has 0 heterocycles. The fraction of sp³-hybridized carbons (Fsp3) is 0.222. The van der Waals surface area contributed by atoms with Crippen LogP contribution in [0.15, 0.2) is 46.6 Å². The average molecular weight is 472 g/mol. The van der Waals surface area contributed by atoms with E-state index in [0.29, 0.717) is 0 Å². The SMILES string of the molecule is FC(F)Oc1ccc(C=NN=Cc2ccc(OC(F)F)cc2OC(F)F)c(OC(F)F)c1. The first-order valence-corrected chi connectivity index (χ1v) is 8.27. The van der Waals surface area contributed by atoms with E-state index in [1.165, 1.54) is 0 Å². The Balaban J connectivity index is 2.23. The summed E-state index contributed by atoms with van der Waals surface area (Å²) in [5.74, 6) is -1.99. The minimum Gasteiger partial charge on any atom is -0.435 e. The van der Waals surface area contributed by atoms with Crippen LogP contribution in [0.4, 0.5) is 35.1 Å². The molecule has 0 saturated carbocycles. The molecule has 0 saturated heterocycles. The molecular formula is C18H12F8N2O4. The van der Waals surface area contributed by atoms with E-state index in [2.05, 4.69) is 29.2 Å². The van der Waals surface area contributed by atoms with E-state index < -0.39 is 49.4 Å². The molecule has 0 aromatic heterocycles. The summed E-state index contributed by atoms with van der Waals surface area (Å²) in [5.41, 5.74) is -0.206. The first kappa shape index (κ1) is 24.7. The average Bonchev–Trinajstić information content (AvgIpc) is 2.66. The number of ether oxygens (including phenoxy) is 4. The van der Waals surface area contributed by atoms with Crippen molar-refractivity contribution in [1.82, 2.24) is 0 Å². The van der Waals surface area contributed by atoms with Crippen LogP contribution in [-0.4, -0.2) is 38.9 Å². The van der Waals surface area contributed by atoms with Crippen LogP contribution in [0.25, 0.3) is 0 Å². The van der Waals surface area contributed by atoms with Gasteiger partial charge in [0, 0.05) is 23.3 Å². The molecule has 0 fully saturated rings. The molecule has 0 N–H and O–H groups in total. The van der Waals surface area contributed by atoms with E-state index in [9.17, 15) is 35.1 Å². The van der Waals surface area contributed by atoms with Crippen molar-refractivity contribution in [2.24, 2.45) is 10.2 Å². The van der Waals surface area contributed by atoms with Gasteiger partial charge in [-0.3, -0.25) is 0 Å². The number of benzene rings is 2. The second-order valence-corrected chi connectivity index (χ2v) is 5.40. The summed E-state index contributed by atoms with van der Waals surface area (Å²) >= 11 is 0. The van der Waals surface area contributed by atoms with Gasteiger partial charge in [-0.05, 0) is 24.3 Å². The molecule has 174 valence electrons. The number of nitrogens with zero attached hydrogens (tertiary/aromatic N) is 2. The van der Waals surface area contributed by atoms with Crippen molar-refractivity contribution < 1.29 is 54.1 Å². The zero-order valence-electron chi connectivity index (χ0n) is 15.5. The highest BCUT2D eigenvalue weighted by Gasteiger charge is 2.14. The van der Waals surface area contributed by atoms with Crippen molar-refractivity contribution in [2.75, 3.05) is 0 Å². The van der Waals surface area contributed by atoms with Gasteiger partial charge in [-0.25, -0.2) is 0 Å². The molecule has 2 aromatic carbocycles. The fourth-order valence-electron chi connectivity index (χ4n) is 2.18. The number of rotatable bonds is 11. The lowest BCUT2D eigenvalue weighted by Crippen LogP contribution is -2.06. The van der Waals surface area contributed by atoms with Gasteiger partial charge in [-0.15, -0.1) is 0 Å². The van der Waals surface area contributed by atoms with Crippen molar-refractivity contribution in [3.63, 3.8) is 0 Å². The Bertz CT molecular complexity index is 866. The maximum absolute atomic E-state index is 12.5. The van der Waals surface area contributed by atoms with Gasteiger partial charge in [-0.1, -0.05) is 0 Å². The Morgan fingerprint density at radius 2 is 0.875 bits per heavy atom. The number of hydrogen-bond donors (Lipinski definition) is 0. The lowest BCUT2D eigenvalue weighted by atomic mass is 10.2. The Morgan fingerprint density at radius 3 is 1.19 bits per heavy atom. The second kappa shape index (κ2) is 11.7. The molecular weight excluding hydrogens is 460 g/mol. The fourth-order valence-corrected chi connectivity index (χ4v) is 2.18. The summed E-state index contributed by atoms with van der Waals surface area (Å²) < 4.78 is 116. The molecule has 0 spiro atoms. The van der Waals surface area contributed by atoms with Gasteiger partial charge in [-0.2, -0.15) is 45.3 Å². The van der Waals surface area contributed by atoms with Crippen molar-refractivity contribution in [1.29, 1.82) is 0 Å². The number of alkyl halides is 8. The predicted molar refractivity (Wildman–Crippen MR) is 94.6 cm³/mol. The van der Waals surface area contributed by atoms with Crippen LogP contribution in [0.1, 0.15) is 11.1 Å². The third-order valence-corrected chi connectivity index (χ3v) is 3.31. The minimum atomic E-state index is -3.28. The maximum atomic E-state index is 12.5. The molecule has 0 bridgehead atoms. The zero-order chi connectivity index (χ0) is 23.7. The summed E-state index contributed by atoms with van der Waals surface area (Å²) in [5, 5.41) is 7.05. The molecule has 0 radical (unpaired) electrons. The maximum Gasteiger partial charge on any atom is 0.387 e. The Hall–Kier alpha value is -3.58. The molecule has 0 aliphatic heterocycles. The predicted octanol–water partition coefficient (Wildman–Crippen LogP) is 5.55. The van der Waals surface area contributed by atoms with Crippen LogP contribution in [0.3, 0.4) is 0 Å². The molecule has 14 heteroatoms. The van der Waals surface area contributed by atoms with E-state index in [1.54, 1.807) is 0 Å². The van der Waals surface area contributed by atoms with Crippen LogP contribution < -0.4 is 18.9 Å². The van der Waals surface area contributed by atoms with Crippen LogP contribution in [-0.2, 0) is 0 Å². The molecule has 0 unspecified atom stereocenters.